The summed E-state index contributed by atoms with van der Waals surface area (Å²) in [4.78, 5) is 37.2. The molecule has 2 aromatic carbocycles. The first-order valence-electron chi connectivity index (χ1n) is 11.6. The van der Waals surface area contributed by atoms with Crippen molar-refractivity contribution >= 4 is 23.5 Å². The van der Waals surface area contributed by atoms with E-state index in [1.165, 1.54) is 31.4 Å². The quantitative estimate of drug-likeness (QED) is 0.238. The molecule has 1 saturated carbocycles. The molecule has 1 aliphatic carbocycles. The minimum Gasteiger partial charge on any atom is -0.497 e. The van der Waals surface area contributed by atoms with E-state index < -0.39 is 41.8 Å². The lowest BCUT2D eigenvalue weighted by atomic mass is 10.0. The van der Waals surface area contributed by atoms with Crippen LogP contribution >= 0.6 is 0 Å². The second kappa shape index (κ2) is 12.4. The smallest absolute Gasteiger partial charge is 0.491 e. The fourth-order valence-corrected chi connectivity index (χ4v) is 3.48. The van der Waals surface area contributed by atoms with Crippen LogP contribution in [0, 0.1) is 5.92 Å². The number of halogens is 3. The van der Waals surface area contributed by atoms with Gasteiger partial charge >= 0.3 is 12.1 Å². The second-order valence-electron chi connectivity index (χ2n) is 8.60. The number of anilines is 1. The van der Waals surface area contributed by atoms with Crippen LogP contribution in [0.15, 0.2) is 66.4 Å². The summed E-state index contributed by atoms with van der Waals surface area (Å²) in [5.74, 6) is -4.56. The van der Waals surface area contributed by atoms with Crippen LogP contribution in [0.3, 0.4) is 0 Å². The summed E-state index contributed by atoms with van der Waals surface area (Å²) >= 11 is 0. The Morgan fingerprint density at radius 1 is 1.08 bits per heavy atom. The van der Waals surface area contributed by atoms with Gasteiger partial charge in [0.1, 0.15) is 5.75 Å². The molecule has 3 rings (SSSR count). The Bertz CT molecular complexity index is 1120. The Morgan fingerprint density at radius 2 is 1.73 bits per heavy atom. The van der Waals surface area contributed by atoms with Crippen molar-refractivity contribution in [3.05, 3.63) is 72.0 Å². The van der Waals surface area contributed by atoms with Gasteiger partial charge in [-0.15, -0.1) is 0 Å². The van der Waals surface area contributed by atoms with Gasteiger partial charge in [0, 0.05) is 5.69 Å². The van der Waals surface area contributed by atoms with Crippen LogP contribution in [-0.4, -0.2) is 43.2 Å². The molecule has 37 heavy (non-hydrogen) atoms. The highest BCUT2D eigenvalue weighted by molar-refractivity contribution is 6.04. The molecule has 0 radical (unpaired) electrons. The third-order valence-corrected chi connectivity index (χ3v) is 5.71. The summed E-state index contributed by atoms with van der Waals surface area (Å²) in [5.41, 5.74) is 7.10. The highest BCUT2D eigenvalue weighted by Gasteiger charge is 2.42. The van der Waals surface area contributed by atoms with E-state index in [4.69, 9.17) is 10.5 Å². The molecule has 1 aliphatic rings. The average molecular weight is 520 g/mol. The first kappa shape index (κ1) is 27.7. The number of carbonyl (C=O) groups is 3. The van der Waals surface area contributed by atoms with Gasteiger partial charge in [0.25, 0.3) is 5.91 Å². The normalized spacial score (nSPS) is 15.3. The molecule has 2 amide bonds. The SMILES string of the molecule is COc1ccc(NC(=O)/C(=C\[C@H](CCc2ccccc2)NC(=O)[C@@H](N)C2CC2)OC(=O)C(F)(F)F)cc1. The summed E-state index contributed by atoms with van der Waals surface area (Å²) in [5, 5.41) is 5.06. The molecule has 2 atom stereocenters. The number of hydrogen-bond donors (Lipinski definition) is 3. The number of nitrogens with two attached hydrogens (primary N) is 1. The number of rotatable bonds is 11. The number of ether oxygens (including phenoxy) is 2. The van der Waals surface area contributed by atoms with E-state index >= 15 is 0 Å². The van der Waals surface area contributed by atoms with E-state index in [9.17, 15) is 27.6 Å². The lowest BCUT2D eigenvalue weighted by molar-refractivity contribution is -0.195. The molecule has 11 heteroatoms. The number of nitrogens with one attached hydrogen (secondary N) is 2. The molecule has 1 fully saturated rings. The number of carbonyl (C=O) groups excluding carboxylic acids is 3. The van der Waals surface area contributed by atoms with E-state index in [1.807, 2.05) is 30.3 Å². The maximum absolute atomic E-state index is 13.0. The predicted octanol–water partition coefficient (Wildman–Crippen LogP) is 3.48. The van der Waals surface area contributed by atoms with Crippen molar-refractivity contribution in [2.24, 2.45) is 11.7 Å². The molecule has 0 aliphatic heterocycles. The molecule has 0 aromatic heterocycles. The zero-order valence-electron chi connectivity index (χ0n) is 20.1. The van der Waals surface area contributed by atoms with Crippen molar-refractivity contribution in [2.75, 3.05) is 12.4 Å². The average Bonchev–Trinajstić information content (AvgIpc) is 3.72. The van der Waals surface area contributed by atoms with Gasteiger partial charge in [-0.2, -0.15) is 13.2 Å². The lowest BCUT2D eigenvalue weighted by Crippen LogP contribution is -2.46. The molecule has 4 N–H and O–H groups in total. The Hall–Kier alpha value is -3.86. The number of amides is 2. The van der Waals surface area contributed by atoms with E-state index in [0.717, 1.165) is 24.5 Å². The molecule has 0 heterocycles. The summed E-state index contributed by atoms with van der Waals surface area (Å²) in [7, 11) is 1.45. The van der Waals surface area contributed by atoms with Crippen LogP contribution in [0.5, 0.6) is 5.75 Å². The molecule has 0 spiro atoms. The van der Waals surface area contributed by atoms with Gasteiger partial charge in [-0.3, -0.25) is 9.59 Å². The first-order valence-corrected chi connectivity index (χ1v) is 11.6. The molecular formula is C26H28F3N3O5. The number of alkyl halides is 3. The van der Waals surface area contributed by atoms with E-state index in [2.05, 4.69) is 15.4 Å². The zero-order valence-corrected chi connectivity index (χ0v) is 20.1. The lowest BCUT2D eigenvalue weighted by Gasteiger charge is -2.20. The molecular weight excluding hydrogens is 491 g/mol. The third kappa shape index (κ3) is 8.64. The second-order valence-corrected chi connectivity index (χ2v) is 8.60. The van der Waals surface area contributed by atoms with Crippen molar-refractivity contribution < 1.29 is 37.0 Å². The summed E-state index contributed by atoms with van der Waals surface area (Å²) < 4.78 is 48.4. The van der Waals surface area contributed by atoms with E-state index in [-0.39, 0.29) is 18.0 Å². The van der Waals surface area contributed by atoms with E-state index in [0.29, 0.717) is 12.2 Å². The largest absolute Gasteiger partial charge is 0.497 e. The van der Waals surface area contributed by atoms with Crippen molar-refractivity contribution in [2.45, 2.75) is 43.9 Å². The van der Waals surface area contributed by atoms with Gasteiger partial charge < -0.3 is 25.8 Å². The fraction of sp³-hybridized carbons (Fsp3) is 0.346. The molecule has 0 bridgehead atoms. The summed E-state index contributed by atoms with van der Waals surface area (Å²) in [6.07, 6.45) is -2.10. The maximum atomic E-state index is 13.0. The van der Waals surface area contributed by atoms with Gasteiger partial charge in [0.05, 0.1) is 19.2 Å². The van der Waals surface area contributed by atoms with Crippen LogP contribution in [0.25, 0.3) is 0 Å². The van der Waals surface area contributed by atoms with Crippen LogP contribution in [0.1, 0.15) is 24.8 Å². The van der Waals surface area contributed by atoms with Crippen LogP contribution in [0.4, 0.5) is 18.9 Å². The Morgan fingerprint density at radius 3 is 2.30 bits per heavy atom. The standard InChI is InChI=1S/C26H28F3N3O5/c1-36-20-13-11-18(12-14-20)31-23(33)21(37-25(35)26(27,28)29)15-19(10-7-16-5-3-2-4-6-16)32-24(34)22(30)17-8-9-17/h2-6,11-15,17,19,22H,7-10,30H2,1H3,(H,31,33)(H,32,34)/b21-15+/t19-,22-/m0/s1. The molecule has 0 unspecified atom stereocenters. The fourth-order valence-electron chi connectivity index (χ4n) is 3.48. The van der Waals surface area contributed by atoms with Crippen molar-refractivity contribution in [1.29, 1.82) is 0 Å². The Kier molecular flexibility index (Phi) is 9.29. The zero-order chi connectivity index (χ0) is 27.0. The van der Waals surface area contributed by atoms with Gasteiger partial charge in [-0.1, -0.05) is 30.3 Å². The topological polar surface area (TPSA) is 120 Å². The van der Waals surface area contributed by atoms with E-state index in [1.54, 1.807) is 0 Å². The maximum Gasteiger partial charge on any atom is 0.491 e. The first-order chi connectivity index (χ1) is 17.6. The van der Waals surface area contributed by atoms with Crippen LogP contribution in [0.2, 0.25) is 0 Å². The molecule has 198 valence electrons. The third-order valence-electron chi connectivity index (χ3n) is 5.71. The monoisotopic (exact) mass is 519 g/mol. The van der Waals surface area contributed by atoms with Crippen molar-refractivity contribution in [3.8, 4) is 5.75 Å². The predicted molar refractivity (Wildman–Crippen MR) is 129 cm³/mol. The number of benzene rings is 2. The summed E-state index contributed by atoms with van der Waals surface area (Å²) in [6, 6.07) is 13.4. The van der Waals surface area contributed by atoms with Gasteiger partial charge in [0.15, 0.2) is 5.76 Å². The minimum atomic E-state index is -5.34. The molecule has 2 aromatic rings. The van der Waals surface area contributed by atoms with Gasteiger partial charge in [0.2, 0.25) is 5.91 Å². The minimum absolute atomic E-state index is 0.0275. The van der Waals surface area contributed by atoms with Crippen LogP contribution < -0.4 is 21.1 Å². The number of methoxy groups -OCH3 is 1. The number of aryl methyl sites for hydroxylation is 1. The van der Waals surface area contributed by atoms with Gasteiger partial charge in [-0.05, 0) is 67.5 Å². The molecule has 0 saturated heterocycles. The van der Waals surface area contributed by atoms with Crippen molar-refractivity contribution in [3.63, 3.8) is 0 Å². The summed E-state index contributed by atoms with van der Waals surface area (Å²) in [6.45, 7) is 0. The van der Waals surface area contributed by atoms with Gasteiger partial charge in [-0.25, -0.2) is 4.79 Å². The Balaban J connectivity index is 1.86. The van der Waals surface area contributed by atoms with Crippen molar-refractivity contribution in [1.82, 2.24) is 5.32 Å². The number of esters is 1. The highest BCUT2D eigenvalue weighted by atomic mass is 19.4. The highest BCUT2D eigenvalue weighted by Crippen LogP contribution is 2.31. The molecule has 8 nitrogen and oxygen atoms in total. The number of hydrogen-bond acceptors (Lipinski definition) is 6. The Labute approximate surface area is 212 Å². The van der Waals surface area contributed by atoms with Crippen LogP contribution in [-0.2, 0) is 25.5 Å².